The molecule has 1 aliphatic rings. The highest BCUT2D eigenvalue weighted by Gasteiger charge is 2.62. The van der Waals surface area contributed by atoms with Gasteiger partial charge in [0.15, 0.2) is 5.54 Å². The number of carbonyl (C=O) groups excluding carboxylic acids is 2. The van der Waals surface area contributed by atoms with Crippen molar-refractivity contribution < 1.29 is 27.5 Å². The number of hydrogen-bond acceptors (Lipinski definition) is 7. The van der Waals surface area contributed by atoms with Gasteiger partial charge >= 0.3 is 11.9 Å². The van der Waals surface area contributed by atoms with Gasteiger partial charge in [0, 0.05) is 17.4 Å². The first-order valence-electron chi connectivity index (χ1n) is 8.01. The lowest BCUT2D eigenvalue weighted by atomic mass is 9.84. The summed E-state index contributed by atoms with van der Waals surface area (Å²) in [6.45, 7) is 0.826. The number of amides is 1. The Bertz CT molecular complexity index is 1080. The lowest BCUT2D eigenvalue weighted by Gasteiger charge is -2.35. The number of rotatable bonds is 3. The Labute approximate surface area is 161 Å². The molecule has 1 atom stereocenters. The average Bonchev–Trinajstić information content (AvgIpc) is 2.68. The summed E-state index contributed by atoms with van der Waals surface area (Å²) in [4.78, 5) is 31.1. The number of benzene rings is 1. The second-order valence-electron chi connectivity index (χ2n) is 6.18. The number of aromatic nitrogens is 1. The molecule has 1 aromatic heterocycles. The average molecular weight is 403 g/mol. The van der Waals surface area contributed by atoms with E-state index in [1.807, 2.05) is 6.07 Å². The Morgan fingerprint density at radius 3 is 2.66 bits per heavy atom. The van der Waals surface area contributed by atoms with Crippen molar-refractivity contribution in [2.24, 2.45) is 10.7 Å². The molecule has 0 spiro atoms. The Kier molecular flexibility index (Phi) is 4.71. The van der Waals surface area contributed by atoms with Crippen molar-refractivity contribution in [2.75, 3.05) is 5.32 Å². The van der Waals surface area contributed by atoms with Gasteiger partial charge in [-0.15, -0.1) is 0 Å². The first-order chi connectivity index (χ1) is 13.6. The fourth-order valence-corrected chi connectivity index (χ4v) is 2.67. The van der Waals surface area contributed by atoms with Gasteiger partial charge < -0.3 is 15.8 Å². The smallest absolute Gasteiger partial charge is 0.387 e. The van der Waals surface area contributed by atoms with Crippen LogP contribution in [0.2, 0.25) is 0 Å². The molecule has 29 heavy (non-hydrogen) atoms. The molecular formula is C18H12F3N5O3. The van der Waals surface area contributed by atoms with E-state index in [0.29, 0.717) is 0 Å². The Morgan fingerprint density at radius 2 is 2.03 bits per heavy atom. The number of aliphatic imine (C=N–C) groups is 1. The van der Waals surface area contributed by atoms with Gasteiger partial charge in [-0.05, 0) is 37.3 Å². The monoisotopic (exact) mass is 403 g/mol. The number of carbonyl (C=O) groups is 2. The number of alkyl halides is 2. The number of ether oxygens (including phenoxy) is 1. The molecule has 8 nitrogen and oxygen atoms in total. The van der Waals surface area contributed by atoms with E-state index in [2.05, 4.69) is 20.0 Å². The summed E-state index contributed by atoms with van der Waals surface area (Å²) in [5.74, 6) is -8.00. The van der Waals surface area contributed by atoms with Crippen LogP contribution in [-0.2, 0) is 15.1 Å². The van der Waals surface area contributed by atoms with Crippen molar-refractivity contribution in [2.45, 2.75) is 18.4 Å². The van der Waals surface area contributed by atoms with Crippen LogP contribution in [0.15, 0.2) is 41.5 Å². The second-order valence-corrected chi connectivity index (χ2v) is 6.18. The minimum absolute atomic E-state index is 0.0534. The number of nitrogens with one attached hydrogen (secondary N) is 1. The highest BCUT2D eigenvalue weighted by atomic mass is 19.3. The van der Waals surface area contributed by atoms with Crippen LogP contribution in [0, 0.1) is 17.1 Å². The van der Waals surface area contributed by atoms with E-state index in [0.717, 1.165) is 25.1 Å². The number of anilines is 1. The first-order valence-corrected chi connectivity index (χ1v) is 8.01. The van der Waals surface area contributed by atoms with Crippen molar-refractivity contribution in [3.63, 3.8) is 0 Å². The van der Waals surface area contributed by atoms with E-state index in [1.54, 1.807) is 0 Å². The van der Waals surface area contributed by atoms with Crippen LogP contribution >= 0.6 is 0 Å². The number of nitrogens with zero attached hydrogens (tertiary/aromatic N) is 3. The fourth-order valence-electron chi connectivity index (χ4n) is 2.67. The van der Waals surface area contributed by atoms with Crippen LogP contribution in [0.1, 0.15) is 28.5 Å². The Morgan fingerprint density at radius 1 is 1.31 bits per heavy atom. The number of nitrogens with two attached hydrogens (primary N) is 1. The molecule has 3 N–H and O–H groups in total. The van der Waals surface area contributed by atoms with Gasteiger partial charge in [0.1, 0.15) is 17.6 Å². The predicted molar refractivity (Wildman–Crippen MR) is 93.3 cm³/mol. The SMILES string of the molecule is C[C@]1(c2cc(NC(=O)c3ccc(C#N)cn3)ccc2F)N=C(N)OC(=O)C1(F)F. The molecule has 0 fully saturated rings. The molecule has 2 aromatic rings. The highest BCUT2D eigenvalue weighted by molar-refractivity contribution is 6.03. The topological polar surface area (TPSA) is 130 Å². The van der Waals surface area contributed by atoms with Gasteiger partial charge in [-0.25, -0.2) is 19.2 Å². The van der Waals surface area contributed by atoms with Gasteiger partial charge in [0.2, 0.25) is 0 Å². The van der Waals surface area contributed by atoms with Gasteiger partial charge in [-0.2, -0.15) is 14.0 Å². The summed E-state index contributed by atoms with van der Waals surface area (Å²) in [6, 6.07) is 6.55. The summed E-state index contributed by atoms with van der Waals surface area (Å²) in [5.41, 5.74) is 2.04. The summed E-state index contributed by atoms with van der Waals surface area (Å²) in [7, 11) is 0. The van der Waals surface area contributed by atoms with E-state index in [9.17, 15) is 22.8 Å². The maximum Gasteiger partial charge on any atom is 0.387 e. The number of nitriles is 1. The third-order valence-electron chi connectivity index (χ3n) is 4.27. The van der Waals surface area contributed by atoms with Crippen molar-refractivity contribution in [1.29, 1.82) is 5.26 Å². The molecule has 0 aliphatic carbocycles. The summed E-state index contributed by atoms with van der Waals surface area (Å²) < 4.78 is 47.5. The Hall–Kier alpha value is -3.94. The van der Waals surface area contributed by atoms with Crippen LogP contribution < -0.4 is 11.1 Å². The van der Waals surface area contributed by atoms with Crippen LogP contribution in [-0.4, -0.2) is 28.8 Å². The number of halogens is 3. The summed E-state index contributed by atoms with van der Waals surface area (Å²) >= 11 is 0. The molecule has 2 heterocycles. The predicted octanol–water partition coefficient (Wildman–Crippen LogP) is 2.07. The quantitative estimate of drug-likeness (QED) is 0.755. The molecule has 3 rings (SSSR count). The maximum atomic E-state index is 14.5. The van der Waals surface area contributed by atoms with E-state index in [4.69, 9.17) is 11.0 Å². The highest BCUT2D eigenvalue weighted by Crippen LogP contribution is 2.45. The van der Waals surface area contributed by atoms with E-state index in [1.165, 1.54) is 18.3 Å². The largest absolute Gasteiger partial charge is 0.388 e. The standard InChI is InChI=1S/C18H12F3N5O3/c1-17(18(20,21)15(28)29-16(23)26-17)11-6-10(3-4-12(11)19)25-14(27)13-5-2-9(7-22)8-24-13/h2-6,8H,1H3,(H2,23,26)(H,25,27)/t17-/m1/s1. The van der Waals surface area contributed by atoms with Gasteiger partial charge in [0.05, 0.1) is 5.56 Å². The lowest BCUT2D eigenvalue weighted by Crippen LogP contribution is -2.54. The molecule has 0 unspecified atom stereocenters. The third kappa shape index (κ3) is 3.36. The normalized spacial score (nSPS) is 20.2. The minimum atomic E-state index is -4.21. The zero-order valence-corrected chi connectivity index (χ0v) is 14.7. The van der Waals surface area contributed by atoms with Crippen LogP contribution in [0.4, 0.5) is 18.9 Å². The van der Waals surface area contributed by atoms with E-state index >= 15 is 0 Å². The molecule has 1 aliphatic heterocycles. The van der Waals surface area contributed by atoms with Gasteiger partial charge in [-0.3, -0.25) is 4.79 Å². The van der Waals surface area contributed by atoms with E-state index < -0.39 is 40.7 Å². The van der Waals surface area contributed by atoms with Crippen LogP contribution in [0.3, 0.4) is 0 Å². The molecule has 1 amide bonds. The first kappa shape index (κ1) is 19.8. The molecule has 0 radical (unpaired) electrons. The van der Waals surface area contributed by atoms with Crippen molar-refractivity contribution in [3.05, 3.63) is 59.2 Å². The number of amidine groups is 1. The number of hydrogen-bond donors (Lipinski definition) is 2. The maximum absolute atomic E-state index is 14.5. The molecule has 0 bridgehead atoms. The third-order valence-corrected chi connectivity index (χ3v) is 4.27. The second kappa shape index (κ2) is 6.90. The van der Waals surface area contributed by atoms with Crippen molar-refractivity contribution >= 4 is 23.6 Å². The fraction of sp³-hybridized carbons (Fsp3) is 0.167. The van der Waals surface area contributed by atoms with Crippen molar-refractivity contribution in [1.82, 2.24) is 4.98 Å². The molecule has 1 aromatic carbocycles. The molecular weight excluding hydrogens is 391 g/mol. The number of esters is 1. The van der Waals surface area contributed by atoms with Crippen LogP contribution in [0.5, 0.6) is 0 Å². The molecule has 0 saturated carbocycles. The van der Waals surface area contributed by atoms with Crippen LogP contribution in [0.25, 0.3) is 0 Å². The zero-order valence-electron chi connectivity index (χ0n) is 14.7. The summed E-state index contributed by atoms with van der Waals surface area (Å²) in [5, 5.41) is 11.1. The number of pyridine rings is 1. The zero-order chi connectivity index (χ0) is 21.4. The van der Waals surface area contributed by atoms with Gasteiger partial charge in [0.25, 0.3) is 11.9 Å². The number of cyclic esters (lactones) is 1. The molecule has 11 heteroatoms. The van der Waals surface area contributed by atoms with E-state index in [-0.39, 0.29) is 16.9 Å². The molecule has 148 valence electrons. The lowest BCUT2D eigenvalue weighted by molar-refractivity contribution is -0.178. The summed E-state index contributed by atoms with van der Waals surface area (Å²) in [6.07, 6.45) is 1.18. The molecule has 0 saturated heterocycles. The van der Waals surface area contributed by atoms with Gasteiger partial charge in [-0.1, -0.05) is 0 Å². The minimum Gasteiger partial charge on any atom is -0.388 e. The van der Waals surface area contributed by atoms with Crippen molar-refractivity contribution in [3.8, 4) is 6.07 Å². The Balaban J connectivity index is 1.98.